The van der Waals surface area contributed by atoms with Crippen LogP contribution in [0.1, 0.15) is 41.8 Å². The zero-order valence-electron chi connectivity index (χ0n) is 16.2. The molecule has 0 radical (unpaired) electrons. The first-order valence-corrected chi connectivity index (χ1v) is 10.3. The van der Waals surface area contributed by atoms with E-state index in [0.29, 0.717) is 24.0 Å². The molecule has 2 aromatic carbocycles. The zero-order valence-corrected chi connectivity index (χ0v) is 18.4. The van der Waals surface area contributed by atoms with E-state index in [1.807, 2.05) is 6.92 Å². The molecule has 2 aromatic rings. The predicted molar refractivity (Wildman–Crippen MR) is 119 cm³/mol. The van der Waals surface area contributed by atoms with Gasteiger partial charge in [0.05, 0.1) is 0 Å². The van der Waals surface area contributed by atoms with Crippen molar-refractivity contribution in [2.45, 2.75) is 25.9 Å². The van der Waals surface area contributed by atoms with Gasteiger partial charge >= 0.3 is 12.1 Å². The highest BCUT2D eigenvalue weighted by atomic mass is 127. The fraction of sp³-hybridized carbons (Fsp3) is 0.227. The van der Waals surface area contributed by atoms with Crippen molar-refractivity contribution >= 4 is 40.6 Å². The molecule has 0 unspecified atom stereocenters. The van der Waals surface area contributed by atoms with Gasteiger partial charge in [-0.3, -0.25) is 10.1 Å². The first-order chi connectivity index (χ1) is 14.3. The highest BCUT2D eigenvalue weighted by Crippen LogP contribution is 2.35. The van der Waals surface area contributed by atoms with Crippen LogP contribution in [-0.2, 0) is 9.53 Å². The number of allylic oxidation sites excluding steroid dienone is 1. The number of carbonyl (C=O) groups is 3. The van der Waals surface area contributed by atoms with Gasteiger partial charge in [-0.2, -0.15) is 0 Å². The number of carbonyl (C=O) groups excluding carboxylic acids is 2. The lowest BCUT2D eigenvalue weighted by molar-refractivity contribution is -0.131. The molecule has 0 fully saturated rings. The number of imide groups is 1. The molecule has 158 valence electrons. The molecule has 7 nitrogen and oxygen atoms in total. The second kappa shape index (κ2) is 11.3. The topological polar surface area (TPSA) is 113 Å². The highest BCUT2D eigenvalue weighted by Gasteiger charge is 2.27. The standard InChI is InChI=1S/C22H22INO6/c1-14(7-5-6-10-19(26)27)20(17-13-16(23)11-12-18(17)25)30-22(29)24-21(28)15-8-3-2-4-9-15/h2-4,6,8-14,20,25H,5,7H2,1H3,(H,26,27)(H,24,28,29)/b10-6+/t14-,20+/m0/s1. The van der Waals surface area contributed by atoms with E-state index in [9.17, 15) is 19.5 Å². The zero-order chi connectivity index (χ0) is 22.1. The number of hydrogen-bond donors (Lipinski definition) is 3. The predicted octanol–water partition coefficient (Wildman–Crippen LogP) is 4.66. The molecule has 0 aromatic heterocycles. The molecule has 0 saturated heterocycles. The lowest BCUT2D eigenvalue weighted by Gasteiger charge is -2.25. The summed E-state index contributed by atoms with van der Waals surface area (Å²) in [5.74, 6) is -1.92. The Kier molecular flexibility index (Phi) is 8.85. The molecule has 30 heavy (non-hydrogen) atoms. The van der Waals surface area contributed by atoms with Crippen molar-refractivity contribution in [2.24, 2.45) is 5.92 Å². The Morgan fingerprint density at radius 2 is 1.87 bits per heavy atom. The number of alkyl carbamates (subject to hydrolysis) is 1. The van der Waals surface area contributed by atoms with E-state index in [0.717, 1.165) is 9.65 Å². The Balaban J connectivity index is 2.16. The number of aromatic hydroxyl groups is 1. The summed E-state index contributed by atoms with van der Waals surface area (Å²) in [6.45, 7) is 1.82. The van der Waals surface area contributed by atoms with Crippen LogP contribution in [0.25, 0.3) is 0 Å². The van der Waals surface area contributed by atoms with Crippen LogP contribution in [0.5, 0.6) is 5.75 Å². The second-order valence-electron chi connectivity index (χ2n) is 6.64. The van der Waals surface area contributed by atoms with E-state index in [2.05, 4.69) is 27.9 Å². The lowest BCUT2D eigenvalue weighted by Crippen LogP contribution is -2.33. The van der Waals surface area contributed by atoms with Gasteiger partial charge in [-0.05, 0) is 71.7 Å². The number of nitrogens with one attached hydrogen (secondary N) is 1. The number of ether oxygens (including phenoxy) is 1. The van der Waals surface area contributed by atoms with Crippen molar-refractivity contribution in [3.63, 3.8) is 0 Å². The van der Waals surface area contributed by atoms with Crippen molar-refractivity contribution in [3.8, 4) is 5.75 Å². The molecule has 0 aliphatic carbocycles. The monoisotopic (exact) mass is 523 g/mol. The Morgan fingerprint density at radius 1 is 1.17 bits per heavy atom. The summed E-state index contributed by atoms with van der Waals surface area (Å²) in [6, 6.07) is 13.2. The lowest BCUT2D eigenvalue weighted by atomic mass is 9.92. The van der Waals surface area contributed by atoms with Crippen LogP contribution in [-0.4, -0.2) is 28.2 Å². The quantitative estimate of drug-likeness (QED) is 0.343. The first-order valence-electron chi connectivity index (χ1n) is 9.22. The third-order valence-corrected chi connectivity index (χ3v) is 5.02. The van der Waals surface area contributed by atoms with Crippen LogP contribution in [0.2, 0.25) is 0 Å². The van der Waals surface area contributed by atoms with Gasteiger partial charge < -0.3 is 14.9 Å². The van der Waals surface area contributed by atoms with Gasteiger partial charge in [0.1, 0.15) is 11.9 Å². The Morgan fingerprint density at radius 3 is 2.53 bits per heavy atom. The maximum absolute atomic E-state index is 12.4. The summed E-state index contributed by atoms with van der Waals surface area (Å²) in [6.07, 6.45) is 1.75. The molecule has 3 N–H and O–H groups in total. The number of hydrogen-bond acceptors (Lipinski definition) is 5. The van der Waals surface area contributed by atoms with Gasteiger partial charge in [0.15, 0.2) is 0 Å². The number of carboxylic acids is 1. The number of carboxylic acid groups (broad SMARTS) is 1. The van der Waals surface area contributed by atoms with Gasteiger partial charge in [-0.1, -0.05) is 31.2 Å². The van der Waals surface area contributed by atoms with E-state index in [1.54, 1.807) is 42.5 Å². The smallest absolute Gasteiger partial charge is 0.414 e. The number of benzene rings is 2. The fourth-order valence-electron chi connectivity index (χ4n) is 2.83. The van der Waals surface area contributed by atoms with E-state index < -0.39 is 24.1 Å². The summed E-state index contributed by atoms with van der Waals surface area (Å²) in [5.41, 5.74) is 0.730. The van der Waals surface area contributed by atoms with Crippen molar-refractivity contribution < 1.29 is 29.3 Å². The van der Waals surface area contributed by atoms with Crippen molar-refractivity contribution in [2.75, 3.05) is 0 Å². The second-order valence-corrected chi connectivity index (χ2v) is 7.89. The van der Waals surface area contributed by atoms with Gasteiger partial charge in [0.25, 0.3) is 5.91 Å². The molecule has 0 bridgehead atoms. The third-order valence-electron chi connectivity index (χ3n) is 4.35. The maximum atomic E-state index is 12.4. The van der Waals surface area contributed by atoms with Crippen LogP contribution in [0.4, 0.5) is 4.79 Å². The van der Waals surface area contributed by atoms with E-state index in [1.165, 1.54) is 12.1 Å². The summed E-state index contributed by atoms with van der Waals surface area (Å²) in [7, 11) is 0. The Labute approximate surface area is 187 Å². The van der Waals surface area contributed by atoms with Crippen LogP contribution in [0.15, 0.2) is 60.7 Å². The largest absolute Gasteiger partial charge is 0.508 e. The highest BCUT2D eigenvalue weighted by molar-refractivity contribution is 14.1. The van der Waals surface area contributed by atoms with Crippen molar-refractivity contribution in [3.05, 3.63) is 75.4 Å². The molecular weight excluding hydrogens is 501 g/mol. The van der Waals surface area contributed by atoms with Crippen LogP contribution >= 0.6 is 22.6 Å². The number of aliphatic carboxylic acids is 1. The Hall–Kier alpha value is -2.88. The number of phenolic OH excluding ortho intramolecular Hbond substituents is 1. The molecular formula is C22H22INO6. The average Bonchev–Trinajstić information content (AvgIpc) is 2.71. The summed E-state index contributed by atoms with van der Waals surface area (Å²) < 4.78 is 6.37. The van der Waals surface area contributed by atoms with Gasteiger partial charge in [0, 0.05) is 20.8 Å². The molecule has 8 heteroatoms. The molecule has 0 aliphatic heterocycles. The first kappa shape index (κ1) is 23.4. The summed E-state index contributed by atoms with van der Waals surface area (Å²) in [4.78, 5) is 35.2. The number of halogens is 1. The molecule has 0 saturated carbocycles. The van der Waals surface area contributed by atoms with E-state index in [-0.39, 0.29) is 11.7 Å². The molecule has 0 heterocycles. The number of phenols is 1. The van der Waals surface area contributed by atoms with Crippen LogP contribution < -0.4 is 5.32 Å². The average molecular weight is 523 g/mol. The summed E-state index contributed by atoms with van der Waals surface area (Å²) in [5, 5.41) is 21.2. The molecule has 0 aliphatic rings. The van der Waals surface area contributed by atoms with Crippen LogP contribution in [0.3, 0.4) is 0 Å². The molecule has 2 amide bonds. The van der Waals surface area contributed by atoms with Crippen LogP contribution in [0, 0.1) is 9.49 Å². The number of amides is 2. The molecule has 0 spiro atoms. The normalized spacial score (nSPS) is 12.9. The van der Waals surface area contributed by atoms with Crippen molar-refractivity contribution in [1.82, 2.24) is 5.32 Å². The maximum Gasteiger partial charge on any atom is 0.414 e. The van der Waals surface area contributed by atoms with Gasteiger partial charge in [0.2, 0.25) is 0 Å². The van der Waals surface area contributed by atoms with E-state index in [4.69, 9.17) is 9.84 Å². The van der Waals surface area contributed by atoms with Gasteiger partial charge in [-0.15, -0.1) is 0 Å². The van der Waals surface area contributed by atoms with Gasteiger partial charge in [-0.25, -0.2) is 9.59 Å². The third kappa shape index (κ3) is 7.18. The minimum Gasteiger partial charge on any atom is -0.508 e. The van der Waals surface area contributed by atoms with Crippen molar-refractivity contribution in [1.29, 1.82) is 0 Å². The molecule has 2 rings (SSSR count). The fourth-order valence-corrected chi connectivity index (χ4v) is 3.35. The van der Waals surface area contributed by atoms with E-state index >= 15 is 0 Å². The molecule has 2 atom stereocenters. The Bertz CT molecular complexity index is 928. The SMILES string of the molecule is C[C@@H](CC/C=C/C(=O)O)[C@@H](OC(=O)NC(=O)c1ccccc1)c1cc(I)ccc1O. The summed E-state index contributed by atoms with van der Waals surface area (Å²) >= 11 is 2.08. The minimum absolute atomic E-state index is 0.0319. The number of rotatable bonds is 8. The minimum atomic E-state index is -1.04.